The van der Waals surface area contributed by atoms with Crippen molar-refractivity contribution in [3.05, 3.63) is 48.4 Å². The van der Waals surface area contributed by atoms with Gasteiger partial charge in [-0.2, -0.15) is 0 Å². The first-order valence-electron chi connectivity index (χ1n) is 7.27. The number of aryl methyl sites for hydroxylation is 1. The summed E-state index contributed by atoms with van der Waals surface area (Å²) in [4.78, 5) is 21.1. The van der Waals surface area contributed by atoms with Crippen LogP contribution in [-0.4, -0.2) is 53.0 Å². The Kier molecular flexibility index (Phi) is 4.01. The maximum Gasteiger partial charge on any atom is 0.193 e. The minimum Gasteiger partial charge on any atom is -0.354 e. The summed E-state index contributed by atoms with van der Waals surface area (Å²) in [7, 11) is 1.91. The highest BCUT2D eigenvalue weighted by Gasteiger charge is 2.20. The van der Waals surface area contributed by atoms with E-state index in [2.05, 4.69) is 14.8 Å². The van der Waals surface area contributed by atoms with E-state index in [1.54, 1.807) is 0 Å². The molecule has 3 heterocycles. The van der Waals surface area contributed by atoms with Gasteiger partial charge >= 0.3 is 0 Å². The summed E-state index contributed by atoms with van der Waals surface area (Å²) >= 11 is 0. The molecule has 0 aromatic carbocycles. The molecule has 1 fully saturated rings. The quantitative estimate of drug-likeness (QED) is 0.796. The summed E-state index contributed by atoms with van der Waals surface area (Å²) in [6.45, 7) is 4.11. The molecular weight excluding hydrogens is 264 g/mol. The lowest BCUT2D eigenvalue weighted by molar-refractivity contribution is 0.0918. The highest BCUT2D eigenvalue weighted by molar-refractivity contribution is 5.96. The lowest BCUT2D eigenvalue weighted by Crippen LogP contribution is -2.48. The molecule has 5 heteroatoms. The third-order valence-electron chi connectivity index (χ3n) is 3.94. The van der Waals surface area contributed by atoms with Gasteiger partial charge in [0.15, 0.2) is 5.78 Å². The van der Waals surface area contributed by atoms with E-state index in [1.165, 1.54) is 0 Å². The normalized spacial score (nSPS) is 16.1. The van der Waals surface area contributed by atoms with E-state index in [1.807, 2.05) is 54.3 Å². The number of carbonyl (C=O) groups excluding carboxylic acids is 1. The van der Waals surface area contributed by atoms with Crippen molar-refractivity contribution in [2.45, 2.75) is 0 Å². The van der Waals surface area contributed by atoms with Gasteiger partial charge in [-0.25, -0.2) is 4.98 Å². The van der Waals surface area contributed by atoms with Crippen LogP contribution >= 0.6 is 0 Å². The smallest absolute Gasteiger partial charge is 0.193 e. The van der Waals surface area contributed by atoms with Crippen molar-refractivity contribution in [2.75, 3.05) is 37.6 Å². The van der Waals surface area contributed by atoms with Gasteiger partial charge in [-0.05, 0) is 24.3 Å². The predicted octanol–water partition coefficient (Wildman–Crippen LogP) is 1.42. The van der Waals surface area contributed by atoms with E-state index < -0.39 is 0 Å². The molecular formula is C16H20N4O. The number of anilines is 1. The lowest BCUT2D eigenvalue weighted by Gasteiger charge is -2.34. The van der Waals surface area contributed by atoms with Crippen LogP contribution in [0, 0.1) is 0 Å². The SMILES string of the molecule is Cn1cccc1C(=O)CN1CCN(c2ccccn2)CC1. The summed E-state index contributed by atoms with van der Waals surface area (Å²) in [5, 5.41) is 0. The van der Waals surface area contributed by atoms with Gasteiger partial charge in [0.05, 0.1) is 12.2 Å². The molecule has 0 unspecified atom stereocenters. The van der Waals surface area contributed by atoms with Gasteiger partial charge in [0.1, 0.15) is 5.82 Å². The largest absolute Gasteiger partial charge is 0.354 e. The van der Waals surface area contributed by atoms with E-state index in [9.17, 15) is 4.79 Å². The first kappa shape index (κ1) is 13.8. The fourth-order valence-corrected chi connectivity index (χ4v) is 2.71. The average Bonchev–Trinajstić information content (AvgIpc) is 2.95. The van der Waals surface area contributed by atoms with Crippen LogP contribution < -0.4 is 4.90 Å². The fraction of sp³-hybridized carbons (Fsp3) is 0.375. The monoisotopic (exact) mass is 284 g/mol. The van der Waals surface area contributed by atoms with Gasteiger partial charge in [-0.1, -0.05) is 6.07 Å². The third-order valence-corrected chi connectivity index (χ3v) is 3.94. The molecule has 110 valence electrons. The Morgan fingerprint density at radius 2 is 1.95 bits per heavy atom. The van der Waals surface area contributed by atoms with E-state index >= 15 is 0 Å². The highest BCUT2D eigenvalue weighted by Crippen LogP contribution is 2.13. The molecule has 0 spiro atoms. The van der Waals surface area contributed by atoms with Crippen LogP contribution in [0.15, 0.2) is 42.7 Å². The van der Waals surface area contributed by atoms with E-state index in [0.29, 0.717) is 6.54 Å². The van der Waals surface area contributed by atoms with Gasteiger partial charge in [-0.15, -0.1) is 0 Å². The molecule has 1 aliphatic rings. The summed E-state index contributed by atoms with van der Waals surface area (Å²) in [5.41, 5.74) is 0.780. The zero-order valence-electron chi connectivity index (χ0n) is 12.3. The Bertz CT molecular complexity index is 600. The summed E-state index contributed by atoms with van der Waals surface area (Å²) in [6, 6.07) is 9.76. The molecule has 3 rings (SSSR count). The van der Waals surface area contributed by atoms with Gasteiger partial charge in [0.2, 0.25) is 0 Å². The lowest BCUT2D eigenvalue weighted by atomic mass is 10.2. The number of ketones is 1. The van der Waals surface area contributed by atoms with Gasteiger partial charge in [-0.3, -0.25) is 9.69 Å². The van der Waals surface area contributed by atoms with Crippen LogP contribution in [0.5, 0.6) is 0 Å². The Balaban J connectivity index is 1.55. The van der Waals surface area contributed by atoms with Crippen molar-refractivity contribution in [1.82, 2.24) is 14.5 Å². The van der Waals surface area contributed by atoms with Crippen molar-refractivity contribution < 1.29 is 4.79 Å². The van der Waals surface area contributed by atoms with E-state index in [-0.39, 0.29) is 5.78 Å². The fourth-order valence-electron chi connectivity index (χ4n) is 2.71. The second kappa shape index (κ2) is 6.10. The van der Waals surface area contributed by atoms with Crippen LogP contribution in [-0.2, 0) is 7.05 Å². The molecule has 0 radical (unpaired) electrons. The van der Waals surface area contributed by atoms with Crippen LogP contribution in [0.1, 0.15) is 10.5 Å². The topological polar surface area (TPSA) is 41.4 Å². The third kappa shape index (κ3) is 3.13. The molecule has 1 saturated heterocycles. The van der Waals surface area contributed by atoms with Gasteiger partial charge < -0.3 is 9.47 Å². The van der Waals surface area contributed by atoms with E-state index in [0.717, 1.165) is 37.7 Å². The van der Waals surface area contributed by atoms with Crippen molar-refractivity contribution in [3.8, 4) is 0 Å². The highest BCUT2D eigenvalue weighted by atomic mass is 16.1. The van der Waals surface area contributed by atoms with Crippen LogP contribution in [0.3, 0.4) is 0 Å². The summed E-state index contributed by atoms with van der Waals surface area (Å²) < 4.78 is 1.88. The number of pyridine rings is 1. The Hall–Kier alpha value is -2.14. The van der Waals surface area contributed by atoms with Gasteiger partial charge in [0, 0.05) is 45.6 Å². The van der Waals surface area contributed by atoms with Crippen molar-refractivity contribution in [3.63, 3.8) is 0 Å². The minimum atomic E-state index is 0.189. The molecule has 21 heavy (non-hydrogen) atoms. The maximum atomic E-state index is 12.3. The number of hydrogen-bond acceptors (Lipinski definition) is 4. The molecule has 0 N–H and O–H groups in total. The van der Waals surface area contributed by atoms with Crippen LogP contribution in [0.2, 0.25) is 0 Å². The van der Waals surface area contributed by atoms with Crippen LogP contribution in [0.25, 0.3) is 0 Å². The predicted molar refractivity (Wildman–Crippen MR) is 82.6 cm³/mol. The number of aromatic nitrogens is 2. The first-order valence-corrected chi connectivity index (χ1v) is 7.27. The number of piperazine rings is 1. The summed E-state index contributed by atoms with van der Waals surface area (Å²) in [5.74, 6) is 1.21. The molecule has 0 aliphatic carbocycles. The number of hydrogen-bond donors (Lipinski definition) is 0. The standard InChI is InChI=1S/C16H20N4O/c1-18-8-4-5-14(18)15(21)13-19-9-11-20(12-10-19)16-6-2-3-7-17-16/h2-8H,9-13H2,1H3. The van der Waals surface area contributed by atoms with Crippen molar-refractivity contribution in [1.29, 1.82) is 0 Å². The Labute approximate surface area is 124 Å². The molecule has 5 nitrogen and oxygen atoms in total. The Morgan fingerprint density at radius 3 is 2.57 bits per heavy atom. The molecule has 2 aromatic rings. The van der Waals surface area contributed by atoms with Gasteiger partial charge in [0.25, 0.3) is 0 Å². The second-order valence-electron chi connectivity index (χ2n) is 5.38. The molecule has 2 aromatic heterocycles. The molecule has 0 saturated carbocycles. The van der Waals surface area contributed by atoms with Crippen LogP contribution in [0.4, 0.5) is 5.82 Å². The molecule has 0 amide bonds. The molecule has 0 atom stereocenters. The second-order valence-corrected chi connectivity index (χ2v) is 5.38. The number of nitrogens with zero attached hydrogens (tertiary/aromatic N) is 4. The Morgan fingerprint density at radius 1 is 1.14 bits per heavy atom. The summed E-state index contributed by atoms with van der Waals surface area (Å²) in [6.07, 6.45) is 3.73. The molecule has 0 bridgehead atoms. The first-order chi connectivity index (χ1) is 10.2. The zero-order chi connectivity index (χ0) is 14.7. The number of rotatable bonds is 4. The molecule has 1 aliphatic heterocycles. The number of carbonyl (C=O) groups is 1. The van der Waals surface area contributed by atoms with Crippen molar-refractivity contribution >= 4 is 11.6 Å². The van der Waals surface area contributed by atoms with E-state index in [4.69, 9.17) is 0 Å². The minimum absolute atomic E-state index is 0.189. The number of Topliss-reactive ketones (excluding diaryl/α,β-unsaturated/α-hetero) is 1. The van der Waals surface area contributed by atoms with Crippen molar-refractivity contribution in [2.24, 2.45) is 7.05 Å². The average molecular weight is 284 g/mol. The zero-order valence-corrected chi connectivity index (χ0v) is 12.3. The maximum absolute atomic E-state index is 12.3.